The molecule has 2 aromatic rings. The van der Waals surface area contributed by atoms with E-state index in [1.807, 2.05) is 0 Å². The lowest BCUT2D eigenvalue weighted by Crippen LogP contribution is -2.01. The summed E-state index contributed by atoms with van der Waals surface area (Å²) in [6, 6.07) is 6.42. The van der Waals surface area contributed by atoms with E-state index >= 15 is 0 Å². The van der Waals surface area contributed by atoms with E-state index in [0.29, 0.717) is 22.3 Å². The van der Waals surface area contributed by atoms with Crippen molar-refractivity contribution in [2.45, 2.75) is 0 Å². The molecule has 0 saturated heterocycles. The second kappa shape index (κ2) is 5.06. The lowest BCUT2D eigenvalue weighted by Gasteiger charge is -2.12. The van der Waals surface area contributed by atoms with Crippen molar-refractivity contribution >= 4 is 16.7 Å². The zero-order valence-electron chi connectivity index (χ0n) is 10.9. The summed E-state index contributed by atoms with van der Waals surface area (Å²) in [4.78, 5) is 11.5. The van der Waals surface area contributed by atoms with Gasteiger partial charge in [0.15, 0.2) is 11.5 Å². The molecule has 1 N–H and O–H groups in total. The number of hydrogen-bond acceptors (Lipinski definition) is 5. The maximum absolute atomic E-state index is 11.5. The van der Waals surface area contributed by atoms with Gasteiger partial charge in [-0.2, -0.15) is 0 Å². The minimum Gasteiger partial charge on any atom is -0.507 e. The highest BCUT2D eigenvalue weighted by molar-refractivity contribution is 6.01. The van der Waals surface area contributed by atoms with Gasteiger partial charge in [0.1, 0.15) is 5.75 Å². The molecule has 2 rings (SSSR count). The van der Waals surface area contributed by atoms with Crippen LogP contribution in [-0.4, -0.2) is 32.4 Å². The van der Waals surface area contributed by atoms with E-state index in [-0.39, 0.29) is 11.3 Å². The number of ether oxygens (including phenoxy) is 3. The van der Waals surface area contributed by atoms with Gasteiger partial charge in [-0.25, -0.2) is 4.79 Å². The standard InChI is InChI=1S/C14H14O5/c1-17-11-5-4-8-6-9(14(16)19-3)7-10(15)12(8)13(11)18-2/h4-7,15H,1-3H3. The highest BCUT2D eigenvalue weighted by atomic mass is 16.5. The Morgan fingerprint density at radius 1 is 1.11 bits per heavy atom. The molecule has 0 unspecified atom stereocenters. The number of hydrogen-bond donors (Lipinski definition) is 1. The number of phenols is 1. The molecular formula is C14H14O5. The molecule has 100 valence electrons. The Morgan fingerprint density at radius 3 is 2.42 bits per heavy atom. The summed E-state index contributed by atoms with van der Waals surface area (Å²) in [7, 11) is 4.30. The van der Waals surface area contributed by atoms with Crippen LogP contribution in [0.25, 0.3) is 10.8 Å². The van der Waals surface area contributed by atoms with Crippen LogP contribution in [0.15, 0.2) is 24.3 Å². The molecule has 0 aliphatic carbocycles. The predicted molar refractivity (Wildman–Crippen MR) is 70.1 cm³/mol. The Bertz CT molecular complexity index is 633. The highest BCUT2D eigenvalue weighted by Crippen LogP contribution is 2.40. The molecule has 19 heavy (non-hydrogen) atoms. The average Bonchev–Trinajstić information content (AvgIpc) is 2.44. The molecule has 0 spiro atoms. The Labute approximate surface area is 110 Å². The van der Waals surface area contributed by atoms with Crippen LogP contribution in [0, 0.1) is 0 Å². The first kappa shape index (κ1) is 13.0. The first-order chi connectivity index (χ1) is 9.12. The van der Waals surface area contributed by atoms with Crippen LogP contribution in [0.5, 0.6) is 17.2 Å². The average molecular weight is 262 g/mol. The Hall–Kier alpha value is -2.43. The van der Waals surface area contributed by atoms with Crippen molar-refractivity contribution in [3.05, 3.63) is 29.8 Å². The zero-order valence-corrected chi connectivity index (χ0v) is 10.9. The van der Waals surface area contributed by atoms with Crippen molar-refractivity contribution in [3.8, 4) is 17.2 Å². The fraction of sp³-hybridized carbons (Fsp3) is 0.214. The van der Waals surface area contributed by atoms with Crippen LogP contribution in [0.4, 0.5) is 0 Å². The van der Waals surface area contributed by atoms with Gasteiger partial charge in [-0.15, -0.1) is 0 Å². The van der Waals surface area contributed by atoms with E-state index in [1.165, 1.54) is 27.4 Å². The van der Waals surface area contributed by atoms with Gasteiger partial charge < -0.3 is 19.3 Å². The predicted octanol–water partition coefficient (Wildman–Crippen LogP) is 2.35. The first-order valence-electron chi connectivity index (χ1n) is 5.58. The third-order valence-electron chi connectivity index (χ3n) is 2.86. The largest absolute Gasteiger partial charge is 0.507 e. The number of fused-ring (bicyclic) bond motifs is 1. The molecular weight excluding hydrogens is 248 g/mol. The molecule has 0 bridgehead atoms. The molecule has 0 saturated carbocycles. The van der Waals surface area contributed by atoms with Gasteiger partial charge in [0.25, 0.3) is 0 Å². The van der Waals surface area contributed by atoms with Gasteiger partial charge in [-0.1, -0.05) is 6.07 Å². The van der Waals surface area contributed by atoms with Crippen molar-refractivity contribution in [2.75, 3.05) is 21.3 Å². The van der Waals surface area contributed by atoms with Crippen molar-refractivity contribution in [1.29, 1.82) is 0 Å². The summed E-state index contributed by atoms with van der Waals surface area (Å²) in [5.74, 6) is 0.366. The molecule has 0 heterocycles. The Morgan fingerprint density at radius 2 is 1.84 bits per heavy atom. The summed E-state index contributed by atoms with van der Waals surface area (Å²) in [5, 5.41) is 11.2. The molecule has 0 fully saturated rings. The van der Waals surface area contributed by atoms with E-state index in [1.54, 1.807) is 18.2 Å². The Kier molecular flexibility index (Phi) is 3.46. The van der Waals surface area contributed by atoms with E-state index in [4.69, 9.17) is 9.47 Å². The SMILES string of the molecule is COC(=O)c1cc(O)c2c(OC)c(OC)ccc2c1. The van der Waals surface area contributed by atoms with Gasteiger partial charge in [0, 0.05) is 0 Å². The molecule has 0 amide bonds. The lowest BCUT2D eigenvalue weighted by molar-refractivity contribution is 0.0600. The van der Waals surface area contributed by atoms with E-state index in [9.17, 15) is 9.90 Å². The number of benzene rings is 2. The summed E-state index contributed by atoms with van der Waals surface area (Å²) >= 11 is 0. The minimum atomic E-state index is -0.507. The normalized spacial score (nSPS) is 10.3. The van der Waals surface area contributed by atoms with Crippen molar-refractivity contribution in [2.24, 2.45) is 0 Å². The maximum atomic E-state index is 11.5. The molecule has 0 aliphatic rings. The van der Waals surface area contributed by atoms with Crippen molar-refractivity contribution in [1.82, 2.24) is 0 Å². The van der Waals surface area contributed by atoms with Crippen LogP contribution in [0.3, 0.4) is 0 Å². The zero-order chi connectivity index (χ0) is 14.0. The fourth-order valence-corrected chi connectivity index (χ4v) is 1.99. The van der Waals surface area contributed by atoms with Gasteiger partial charge >= 0.3 is 5.97 Å². The molecule has 0 aromatic heterocycles. The second-order valence-electron chi connectivity index (χ2n) is 3.89. The number of aromatic hydroxyl groups is 1. The van der Waals surface area contributed by atoms with Gasteiger partial charge in [0.05, 0.1) is 32.3 Å². The molecule has 0 aliphatic heterocycles. The van der Waals surface area contributed by atoms with Crippen LogP contribution in [0.2, 0.25) is 0 Å². The first-order valence-corrected chi connectivity index (χ1v) is 5.58. The molecule has 5 heteroatoms. The van der Waals surface area contributed by atoms with Crippen molar-refractivity contribution < 1.29 is 24.1 Å². The summed E-state index contributed by atoms with van der Waals surface area (Å²) in [5.41, 5.74) is 0.278. The van der Waals surface area contributed by atoms with E-state index in [0.717, 1.165) is 0 Å². The van der Waals surface area contributed by atoms with Gasteiger partial charge in [-0.05, 0) is 23.6 Å². The number of methoxy groups -OCH3 is 3. The monoisotopic (exact) mass is 262 g/mol. The smallest absolute Gasteiger partial charge is 0.338 e. The van der Waals surface area contributed by atoms with Crippen LogP contribution in [0.1, 0.15) is 10.4 Å². The van der Waals surface area contributed by atoms with Crippen molar-refractivity contribution in [3.63, 3.8) is 0 Å². The van der Waals surface area contributed by atoms with Gasteiger partial charge in [-0.3, -0.25) is 0 Å². The molecule has 0 radical (unpaired) electrons. The quantitative estimate of drug-likeness (QED) is 0.860. The number of esters is 1. The van der Waals surface area contributed by atoms with Gasteiger partial charge in [0.2, 0.25) is 0 Å². The third kappa shape index (κ3) is 2.14. The highest BCUT2D eigenvalue weighted by Gasteiger charge is 2.16. The fourth-order valence-electron chi connectivity index (χ4n) is 1.99. The number of rotatable bonds is 3. The molecule has 5 nitrogen and oxygen atoms in total. The third-order valence-corrected chi connectivity index (χ3v) is 2.86. The number of carbonyl (C=O) groups excluding carboxylic acids is 1. The maximum Gasteiger partial charge on any atom is 0.338 e. The van der Waals surface area contributed by atoms with Crippen LogP contribution in [-0.2, 0) is 4.74 Å². The number of phenolic OH excluding ortho intramolecular Hbond substituents is 1. The topological polar surface area (TPSA) is 65.0 Å². The van der Waals surface area contributed by atoms with Crippen LogP contribution < -0.4 is 9.47 Å². The van der Waals surface area contributed by atoms with E-state index < -0.39 is 5.97 Å². The van der Waals surface area contributed by atoms with Crippen LogP contribution >= 0.6 is 0 Å². The summed E-state index contributed by atoms with van der Waals surface area (Å²) in [6.07, 6.45) is 0. The number of carbonyl (C=O) groups is 1. The van der Waals surface area contributed by atoms with E-state index in [2.05, 4.69) is 4.74 Å². The summed E-state index contributed by atoms with van der Waals surface area (Å²) < 4.78 is 15.1. The molecule has 2 aromatic carbocycles. The lowest BCUT2D eigenvalue weighted by atomic mass is 10.0. The summed E-state index contributed by atoms with van der Waals surface area (Å²) in [6.45, 7) is 0. The Balaban J connectivity index is 2.75. The molecule has 0 atom stereocenters. The second-order valence-corrected chi connectivity index (χ2v) is 3.89. The minimum absolute atomic E-state index is 0.0614.